The molecule has 0 aromatic heterocycles. The number of para-hydroxylation sites is 1. The Morgan fingerprint density at radius 1 is 1.24 bits per heavy atom. The van der Waals surface area contributed by atoms with Crippen molar-refractivity contribution < 1.29 is 4.74 Å². The third-order valence-electron chi connectivity index (χ3n) is 3.99. The van der Waals surface area contributed by atoms with Gasteiger partial charge in [-0.1, -0.05) is 18.2 Å². The Kier molecular flexibility index (Phi) is 4.63. The zero-order valence-electron chi connectivity index (χ0n) is 12.8. The van der Waals surface area contributed by atoms with E-state index in [-0.39, 0.29) is 0 Å². The zero-order chi connectivity index (χ0) is 14.5. The van der Waals surface area contributed by atoms with Gasteiger partial charge in [0.1, 0.15) is 5.75 Å². The highest BCUT2D eigenvalue weighted by Crippen LogP contribution is 2.28. The summed E-state index contributed by atoms with van der Waals surface area (Å²) in [6.07, 6.45) is 6.58. The van der Waals surface area contributed by atoms with Crippen molar-refractivity contribution >= 4 is 5.96 Å². The van der Waals surface area contributed by atoms with E-state index >= 15 is 0 Å². The van der Waals surface area contributed by atoms with Crippen molar-refractivity contribution in [3.63, 3.8) is 0 Å². The first-order valence-corrected chi connectivity index (χ1v) is 8.14. The van der Waals surface area contributed by atoms with E-state index < -0.39 is 0 Å². The summed E-state index contributed by atoms with van der Waals surface area (Å²) in [4.78, 5) is 4.69. The molecular weight excluding hydrogens is 262 g/mol. The summed E-state index contributed by atoms with van der Waals surface area (Å²) in [7, 11) is 0. The molecule has 0 spiro atoms. The molecule has 4 nitrogen and oxygen atoms in total. The van der Waals surface area contributed by atoms with E-state index in [9.17, 15) is 0 Å². The Morgan fingerprint density at radius 3 is 2.71 bits per heavy atom. The zero-order valence-corrected chi connectivity index (χ0v) is 12.8. The predicted molar refractivity (Wildman–Crippen MR) is 85.7 cm³/mol. The maximum absolute atomic E-state index is 6.06. The number of benzene rings is 1. The van der Waals surface area contributed by atoms with Gasteiger partial charge < -0.3 is 15.4 Å². The summed E-state index contributed by atoms with van der Waals surface area (Å²) in [5.74, 6) is 1.91. The van der Waals surface area contributed by atoms with Crippen LogP contribution in [0.5, 0.6) is 5.75 Å². The number of nitrogens with zero attached hydrogens (tertiary/aromatic N) is 1. The van der Waals surface area contributed by atoms with E-state index in [0.717, 1.165) is 23.8 Å². The molecule has 1 aromatic rings. The van der Waals surface area contributed by atoms with Crippen LogP contribution >= 0.6 is 0 Å². The van der Waals surface area contributed by atoms with Gasteiger partial charge in [0.25, 0.3) is 0 Å². The van der Waals surface area contributed by atoms with Crippen molar-refractivity contribution in [1.29, 1.82) is 0 Å². The number of rotatable bonds is 6. The van der Waals surface area contributed by atoms with Crippen molar-refractivity contribution in [2.75, 3.05) is 6.54 Å². The summed E-state index contributed by atoms with van der Waals surface area (Å²) in [6, 6.07) is 8.88. The highest BCUT2D eigenvalue weighted by atomic mass is 16.5. The molecule has 0 heterocycles. The predicted octanol–water partition coefficient (Wildman–Crippen LogP) is 2.84. The van der Waals surface area contributed by atoms with Gasteiger partial charge in [0.15, 0.2) is 5.96 Å². The van der Waals surface area contributed by atoms with Crippen LogP contribution in [0.4, 0.5) is 0 Å². The van der Waals surface area contributed by atoms with E-state index in [2.05, 4.69) is 35.8 Å². The minimum absolute atomic E-state index is 0.410. The summed E-state index contributed by atoms with van der Waals surface area (Å²) in [5, 5.41) is 6.75. The molecule has 2 aliphatic carbocycles. The topological polar surface area (TPSA) is 45.7 Å². The van der Waals surface area contributed by atoms with Crippen LogP contribution in [0, 0.1) is 0 Å². The van der Waals surface area contributed by atoms with Gasteiger partial charge in [0.05, 0.1) is 12.6 Å². The molecule has 0 saturated heterocycles. The molecule has 3 rings (SSSR count). The lowest BCUT2D eigenvalue weighted by Gasteiger charge is -2.27. The largest absolute Gasteiger partial charge is 0.490 e. The number of hydrogen-bond donors (Lipinski definition) is 2. The summed E-state index contributed by atoms with van der Waals surface area (Å²) >= 11 is 0. The number of aliphatic imine (C=N–C) groups is 1. The molecule has 2 N–H and O–H groups in total. The number of ether oxygens (including phenoxy) is 1. The third-order valence-corrected chi connectivity index (χ3v) is 3.99. The Bertz CT molecular complexity index is 493. The van der Waals surface area contributed by atoms with Gasteiger partial charge in [0.2, 0.25) is 0 Å². The average molecular weight is 287 g/mol. The number of nitrogens with one attached hydrogen (secondary N) is 2. The van der Waals surface area contributed by atoms with Crippen LogP contribution in [0.25, 0.3) is 0 Å². The molecule has 2 fully saturated rings. The maximum Gasteiger partial charge on any atom is 0.191 e. The number of hydrogen-bond acceptors (Lipinski definition) is 2. The van der Waals surface area contributed by atoms with Gasteiger partial charge in [-0.15, -0.1) is 0 Å². The quantitative estimate of drug-likeness (QED) is 0.625. The molecule has 0 amide bonds. The average Bonchev–Trinajstić information content (AvgIpc) is 3.25. The second-order valence-electron chi connectivity index (χ2n) is 5.89. The van der Waals surface area contributed by atoms with Gasteiger partial charge in [-0.25, -0.2) is 4.99 Å². The van der Waals surface area contributed by atoms with Gasteiger partial charge in [0, 0.05) is 18.2 Å². The second-order valence-corrected chi connectivity index (χ2v) is 5.89. The standard InChI is InChI=1S/C17H25N3O/c1-2-18-17(20-14-10-11-14)19-12-13-6-3-4-9-16(13)21-15-7-5-8-15/h3-4,6,9,14-15H,2,5,7-8,10-12H2,1H3,(H2,18,19,20). The normalized spacial score (nSPS) is 19.0. The van der Waals surface area contributed by atoms with Crippen LogP contribution in [-0.4, -0.2) is 24.7 Å². The van der Waals surface area contributed by atoms with Gasteiger partial charge in [-0.2, -0.15) is 0 Å². The first-order valence-electron chi connectivity index (χ1n) is 8.14. The third kappa shape index (κ3) is 4.13. The number of guanidine groups is 1. The van der Waals surface area contributed by atoms with E-state index in [1.807, 2.05) is 6.07 Å². The van der Waals surface area contributed by atoms with Crippen molar-refractivity contribution in [3.05, 3.63) is 29.8 Å². The lowest BCUT2D eigenvalue weighted by atomic mass is 9.96. The van der Waals surface area contributed by atoms with E-state index in [0.29, 0.717) is 18.7 Å². The van der Waals surface area contributed by atoms with Crippen LogP contribution in [0.1, 0.15) is 44.6 Å². The lowest BCUT2D eigenvalue weighted by Crippen LogP contribution is -2.38. The Labute approximate surface area is 127 Å². The Hall–Kier alpha value is -1.71. The van der Waals surface area contributed by atoms with Crippen LogP contribution < -0.4 is 15.4 Å². The molecule has 114 valence electrons. The minimum atomic E-state index is 0.410. The van der Waals surface area contributed by atoms with Crippen molar-refractivity contribution in [1.82, 2.24) is 10.6 Å². The Balaban J connectivity index is 1.64. The molecule has 21 heavy (non-hydrogen) atoms. The van der Waals surface area contributed by atoms with Gasteiger partial charge >= 0.3 is 0 Å². The van der Waals surface area contributed by atoms with Gasteiger partial charge in [-0.05, 0) is 45.1 Å². The SMILES string of the molecule is CCNC(=NCc1ccccc1OC1CCC1)NC1CC1. The second kappa shape index (κ2) is 6.83. The molecular formula is C17H25N3O. The van der Waals surface area contributed by atoms with E-state index in [1.165, 1.54) is 32.1 Å². The fourth-order valence-corrected chi connectivity index (χ4v) is 2.32. The molecule has 4 heteroatoms. The lowest BCUT2D eigenvalue weighted by molar-refractivity contribution is 0.119. The van der Waals surface area contributed by atoms with Crippen molar-refractivity contribution in [2.45, 2.75) is 57.7 Å². The molecule has 2 saturated carbocycles. The molecule has 0 bridgehead atoms. The maximum atomic E-state index is 6.06. The van der Waals surface area contributed by atoms with Gasteiger partial charge in [-0.3, -0.25) is 0 Å². The van der Waals surface area contributed by atoms with Crippen molar-refractivity contribution in [2.24, 2.45) is 4.99 Å². The minimum Gasteiger partial charge on any atom is -0.490 e. The smallest absolute Gasteiger partial charge is 0.191 e. The molecule has 2 aliphatic rings. The molecule has 0 unspecified atom stereocenters. The highest BCUT2D eigenvalue weighted by molar-refractivity contribution is 5.80. The highest BCUT2D eigenvalue weighted by Gasteiger charge is 2.22. The molecule has 0 radical (unpaired) electrons. The fraction of sp³-hybridized carbons (Fsp3) is 0.588. The summed E-state index contributed by atoms with van der Waals surface area (Å²) in [5.41, 5.74) is 1.16. The summed E-state index contributed by atoms with van der Waals surface area (Å²) in [6.45, 7) is 3.64. The first kappa shape index (κ1) is 14.2. The van der Waals surface area contributed by atoms with Crippen LogP contribution in [0.15, 0.2) is 29.3 Å². The molecule has 1 aromatic carbocycles. The van der Waals surface area contributed by atoms with Crippen molar-refractivity contribution in [3.8, 4) is 5.75 Å². The van der Waals surface area contributed by atoms with Crippen LogP contribution in [-0.2, 0) is 6.54 Å². The Morgan fingerprint density at radius 2 is 2.05 bits per heavy atom. The van der Waals surface area contributed by atoms with E-state index in [4.69, 9.17) is 9.73 Å². The van der Waals surface area contributed by atoms with Crippen LogP contribution in [0.2, 0.25) is 0 Å². The monoisotopic (exact) mass is 287 g/mol. The summed E-state index contributed by atoms with van der Waals surface area (Å²) < 4.78 is 6.06. The molecule has 0 aliphatic heterocycles. The fourth-order valence-electron chi connectivity index (χ4n) is 2.32. The van der Waals surface area contributed by atoms with Crippen LogP contribution in [0.3, 0.4) is 0 Å². The first-order chi connectivity index (χ1) is 10.3. The van der Waals surface area contributed by atoms with E-state index in [1.54, 1.807) is 0 Å². The molecule has 0 atom stereocenters.